The molecule has 3 rings (SSSR count). The maximum atomic E-state index is 13.5. The Morgan fingerprint density at radius 3 is 2.65 bits per heavy atom. The second-order valence-electron chi connectivity index (χ2n) is 4.90. The molecule has 1 aromatic heterocycles. The molecular weight excluding hydrogens is 304 g/mol. The molecule has 0 unspecified atom stereocenters. The van der Waals surface area contributed by atoms with Gasteiger partial charge in [-0.25, -0.2) is 13.6 Å². The van der Waals surface area contributed by atoms with E-state index in [2.05, 4.69) is 5.32 Å². The summed E-state index contributed by atoms with van der Waals surface area (Å²) in [6.45, 7) is -0.169. The molecular formula is C17H11F2NO3. The third kappa shape index (κ3) is 3.11. The van der Waals surface area contributed by atoms with Crippen molar-refractivity contribution in [1.82, 2.24) is 5.32 Å². The van der Waals surface area contributed by atoms with Crippen LogP contribution in [0.1, 0.15) is 15.9 Å². The number of amides is 1. The lowest BCUT2D eigenvalue weighted by atomic mass is 10.1. The van der Waals surface area contributed by atoms with Crippen LogP contribution in [-0.4, -0.2) is 5.91 Å². The third-order valence-corrected chi connectivity index (χ3v) is 3.34. The summed E-state index contributed by atoms with van der Waals surface area (Å²) in [6, 6.07) is 11.2. The van der Waals surface area contributed by atoms with Crippen LogP contribution in [-0.2, 0) is 6.54 Å². The first kappa shape index (κ1) is 14.9. The number of fused-ring (bicyclic) bond motifs is 1. The molecule has 6 heteroatoms. The van der Waals surface area contributed by atoms with Gasteiger partial charge in [-0.05, 0) is 18.2 Å². The van der Waals surface area contributed by atoms with E-state index < -0.39 is 23.2 Å². The summed E-state index contributed by atoms with van der Waals surface area (Å²) in [5.74, 6) is -2.16. The molecule has 0 radical (unpaired) electrons. The highest BCUT2D eigenvalue weighted by Crippen LogP contribution is 2.13. The molecule has 0 aliphatic carbocycles. The van der Waals surface area contributed by atoms with E-state index in [1.165, 1.54) is 12.1 Å². The number of carbonyl (C=O) groups is 1. The number of hydrogen-bond acceptors (Lipinski definition) is 3. The molecule has 1 heterocycles. The second-order valence-corrected chi connectivity index (χ2v) is 4.90. The standard InChI is InChI=1S/C17H11F2NO3/c18-12-6-5-11(14(19)8-12)9-20-16(21)13-7-10-3-1-2-4-15(10)23-17(13)22/h1-8H,9H2,(H,20,21). The molecule has 0 spiro atoms. The molecule has 0 aliphatic rings. The molecule has 0 atom stereocenters. The molecule has 0 aliphatic heterocycles. The van der Waals surface area contributed by atoms with Gasteiger partial charge in [-0.2, -0.15) is 0 Å². The molecule has 0 bridgehead atoms. The highest BCUT2D eigenvalue weighted by atomic mass is 19.1. The Balaban J connectivity index is 1.83. The zero-order chi connectivity index (χ0) is 16.4. The maximum Gasteiger partial charge on any atom is 0.349 e. The van der Waals surface area contributed by atoms with Gasteiger partial charge in [0, 0.05) is 23.6 Å². The van der Waals surface area contributed by atoms with Crippen LogP contribution in [0.3, 0.4) is 0 Å². The Labute approximate surface area is 129 Å². The lowest BCUT2D eigenvalue weighted by molar-refractivity contribution is 0.0947. The predicted molar refractivity (Wildman–Crippen MR) is 80.0 cm³/mol. The van der Waals surface area contributed by atoms with Crippen molar-refractivity contribution in [2.24, 2.45) is 0 Å². The van der Waals surface area contributed by atoms with Gasteiger partial charge < -0.3 is 9.73 Å². The SMILES string of the molecule is O=C(NCc1ccc(F)cc1F)c1cc2ccccc2oc1=O. The van der Waals surface area contributed by atoms with Crippen LogP contribution in [0.4, 0.5) is 8.78 Å². The van der Waals surface area contributed by atoms with Gasteiger partial charge in [-0.3, -0.25) is 4.79 Å². The lowest BCUT2D eigenvalue weighted by Gasteiger charge is -2.06. The van der Waals surface area contributed by atoms with Gasteiger partial charge >= 0.3 is 5.63 Å². The Morgan fingerprint density at radius 1 is 1.09 bits per heavy atom. The fraction of sp³-hybridized carbons (Fsp3) is 0.0588. The van der Waals surface area contributed by atoms with Crippen molar-refractivity contribution in [3.63, 3.8) is 0 Å². The van der Waals surface area contributed by atoms with Gasteiger partial charge in [0.1, 0.15) is 22.8 Å². The van der Waals surface area contributed by atoms with Crippen LogP contribution in [0.2, 0.25) is 0 Å². The Bertz CT molecular complexity index is 950. The molecule has 1 N–H and O–H groups in total. The van der Waals surface area contributed by atoms with Crippen LogP contribution in [0.25, 0.3) is 11.0 Å². The fourth-order valence-corrected chi connectivity index (χ4v) is 2.16. The third-order valence-electron chi connectivity index (χ3n) is 3.34. The Morgan fingerprint density at radius 2 is 1.87 bits per heavy atom. The molecule has 0 saturated heterocycles. The topological polar surface area (TPSA) is 59.3 Å². The first-order valence-corrected chi connectivity index (χ1v) is 6.79. The average Bonchev–Trinajstić information content (AvgIpc) is 2.53. The number of para-hydroxylation sites is 1. The summed E-state index contributed by atoms with van der Waals surface area (Å²) in [6.07, 6.45) is 0. The van der Waals surface area contributed by atoms with Crippen molar-refractivity contribution in [2.45, 2.75) is 6.54 Å². The molecule has 4 nitrogen and oxygen atoms in total. The van der Waals surface area contributed by atoms with E-state index in [-0.39, 0.29) is 17.7 Å². The van der Waals surface area contributed by atoms with Gasteiger partial charge in [0.05, 0.1) is 0 Å². The summed E-state index contributed by atoms with van der Waals surface area (Å²) in [5, 5.41) is 3.02. The van der Waals surface area contributed by atoms with Crippen molar-refractivity contribution < 1.29 is 18.0 Å². The van der Waals surface area contributed by atoms with Crippen molar-refractivity contribution >= 4 is 16.9 Å². The van der Waals surface area contributed by atoms with Crippen LogP contribution < -0.4 is 10.9 Å². The second kappa shape index (κ2) is 6.00. The van der Waals surface area contributed by atoms with E-state index in [1.54, 1.807) is 24.3 Å². The number of halogens is 2. The molecule has 23 heavy (non-hydrogen) atoms. The molecule has 1 amide bonds. The zero-order valence-corrected chi connectivity index (χ0v) is 11.8. The van der Waals surface area contributed by atoms with E-state index >= 15 is 0 Å². The number of nitrogens with one attached hydrogen (secondary N) is 1. The summed E-state index contributed by atoms with van der Waals surface area (Å²) in [7, 11) is 0. The highest BCUT2D eigenvalue weighted by molar-refractivity contribution is 5.96. The molecule has 0 fully saturated rings. The highest BCUT2D eigenvalue weighted by Gasteiger charge is 2.14. The largest absolute Gasteiger partial charge is 0.422 e. The zero-order valence-electron chi connectivity index (χ0n) is 11.8. The van der Waals surface area contributed by atoms with Gasteiger partial charge in [-0.1, -0.05) is 24.3 Å². The summed E-state index contributed by atoms with van der Waals surface area (Å²) in [5.41, 5.74) is -0.462. The van der Waals surface area contributed by atoms with Crippen LogP contribution in [0, 0.1) is 11.6 Å². The Hall–Kier alpha value is -3.02. The number of benzene rings is 2. The quantitative estimate of drug-likeness (QED) is 0.756. The maximum absolute atomic E-state index is 13.5. The van der Waals surface area contributed by atoms with E-state index in [0.717, 1.165) is 12.1 Å². The molecule has 0 saturated carbocycles. The number of hydrogen-bond donors (Lipinski definition) is 1. The number of rotatable bonds is 3. The summed E-state index contributed by atoms with van der Waals surface area (Å²) < 4.78 is 31.4. The van der Waals surface area contributed by atoms with Crippen LogP contribution in [0.15, 0.2) is 57.7 Å². The molecule has 116 valence electrons. The monoisotopic (exact) mass is 315 g/mol. The molecule has 2 aromatic carbocycles. The van der Waals surface area contributed by atoms with Crippen molar-refractivity contribution in [3.8, 4) is 0 Å². The molecule has 3 aromatic rings. The van der Waals surface area contributed by atoms with Gasteiger partial charge in [-0.15, -0.1) is 0 Å². The van der Waals surface area contributed by atoms with Crippen molar-refractivity contribution in [3.05, 3.63) is 81.7 Å². The van der Waals surface area contributed by atoms with Crippen LogP contribution >= 0.6 is 0 Å². The fourth-order valence-electron chi connectivity index (χ4n) is 2.16. The van der Waals surface area contributed by atoms with Gasteiger partial charge in [0.25, 0.3) is 5.91 Å². The van der Waals surface area contributed by atoms with E-state index in [1.807, 2.05) is 0 Å². The van der Waals surface area contributed by atoms with E-state index in [4.69, 9.17) is 4.42 Å². The van der Waals surface area contributed by atoms with Crippen molar-refractivity contribution in [1.29, 1.82) is 0 Å². The Kier molecular flexibility index (Phi) is 3.89. The average molecular weight is 315 g/mol. The van der Waals surface area contributed by atoms with E-state index in [9.17, 15) is 18.4 Å². The van der Waals surface area contributed by atoms with E-state index in [0.29, 0.717) is 11.0 Å². The minimum atomic E-state index is -0.777. The first-order chi connectivity index (χ1) is 11.0. The summed E-state index contributed by atoms with van der Waals surface area (Å²) >= 11 is 0. The minimum Gasteiger partial charge on any atom is -0.422 e. The van der Waals surface area contributed by atoms with Crippen LogP contribution in [0.5, 0.6) is 0 Å². The predicted octanol–water partition coefficient (Wildman–Crippen LogP) is 3.00. The van der Waals surface area contributed by atoms with Crippen molar-refractivity contribution in [2.75, 3.05) is 0 Å². The minimum absolute atomic E-state index is 0.116. The smallest absolute Gasteiger partial charge is 0.349 e. The first-order valence-electron chi connectivity index (χ1n) is 6.79. The lowest BCUT2D eigenvalue weighted by Crippen LogP contribution is -2.28. The normalized spacial score (nSPS) is 10.7. The number of carbonyl (C=O) groups excluding carboxylic acids is 1. The summed E-state index contributed by atoms with van der Waals surface area (Å²) in [4.78, 5) is 23.9. The van der Waals surface area contributed by atoms with Gasteiger partial charge in [0.2, 0.25) is 0 Å². The van der Waals surface area contributed by atoms with Gasteiger partial charge in [0.15, 0.2) is 0 Å².